The van der Waals surface area contributed by atoms with Gasteiger partial charge in [0.05, 0.1) is 6.61 Å². The molecule has 132 valence electrons. The summed E-state index contributed by atoms with van der Waals surface area (Å²) in [6, 6.07) is 10.8. The van der Waals surface area contributed by atoms with Crippen LogP contribution in [0.15, 0.2) is 42.5 Å². The number of carbonyl (C=O) groups excluding carboxylic acids is 2. The maximum atomic E-state index is 13.6. The minimum absolute atomic E-state index is 0.137. The van der Waals surface area contributed by atoms with E-state index in [1.165, 1.54) is 19.2 Å². The number of carbonyl (C=O) groups is 2. The molecule has 0 radical (unpaired) electrons. The lowest BCUT2D eigenvalue weighted by atomic mass is 10.1. The van der Waals surface area contributed by atoms with Crippen LogP contribution in [0, 0.1) is 12.7 Å². The van der Waals surface area contributed by atoms with Crippen molar-refractivity contribution in [2.75, 3.05) is 31.0 Å². The normalized spacial score (nSPS) is 10.2. The Morgan fingerprint density at radius 3 is 2.44 bits per heavy atom. The maximum Gasteiger partial charge on any atom is 0.411 e. The summed E-state index contributed by atoms with van der Waals surface area (Å²) < 4.78 is 23.2. The lowest BCUT2D eigenvalue weighted by molar-refractivity contribution is 0.102. The number of nitrogens with one attached hydrogen (secondary N) is 2. The number of ether oxygens (including phenoxy) is 2. The van der Waals surface area contributed by atoms with Crippen LogP contribution in [0.25, 0.3) is 0 Å². The predicted molar refractivity (Wildman–Crippen MR) is 92.4 cm³/mol. The van der Waals surface area contributed by atoms with Crippen molar-refractivity contribution in [1.82, 2.24) is 0 Å². The van der Waals surface area contributed by atoms with Crippen LogP contribution >= 0.6 is 0 Å². The first-order valence-electron chi connectivity index (χ1n) is 7.60. The molecule has 0 saturated carbocycles. The van der Waals surface area contributed by atoms with Crippen molar-refractivity contribution in [3.63, 3.8) is 0 Å². The molecule has 0 spiro atoms. The third-order valence-corrected chi connectivity index (χ3v) is 3.32. The predicted octanol–water partition coefficient (Wildman–Crippen LogP) is 3.58. The Morgan fingerprint density at radius 1 is 1.04 bits per heavy atom. The Bertz CT molecular complexity index is 764. The number of halogens is 1. The van der Waals surface area contributed by atoms with Crippen molar-refractivity contribution in [1.29, 1.82) is 0 Å². The van der Waals surface area contributed by atoms with Crippen LogP contribution < -0.4 is 10.6 Å². The molecule has 0 atom stereocenters. The Balaban J connectivity index is 1.99. The zero-order chi connectivity index (χ0) is 18.2. The minimum atomic E-state index is -0.624. The van der Waals surface area contributed by atoms with E-state index in [1.54, 1.807) is 37.3 Å². The second-order valence-corrected chi connectivity index (χ2v) is 5.25. The van der Waals surface area contributed by atoms with E-state index in [0.717, 1.165) is 0 Å². The van der Waals surface area contributed by atoms with Crippen LogP contribution in [-0.2, 0) is 9.47 Å². The molecule has 0 aliphatic heterocycles. The van der Waals surface area contributed by atoms with Crippen molar-refractivity contribution in [2.24, 2.45) is 0 Å². The average Bonchev–Trinajstić information content (AvgIpc) is 2.58. The molecule has 2 aromatic rings. The van der Waals surface area contributed by atoms with Gasteiger partial charge in [-0.05, 0) is 42.8 Å². The zero-order valence-electron chi connectivity index (χ0n) is 14.0. The van der Waals surface area contributed by atoms with E-state index in [2.05, 4.69) is 10.6 Å². The molecule has 2 rings (SSSR count). The number of benzene rings is 2. The quantitative estimate of drug-likeness (QED) is 0.784. The SMILES string of the molecule is COCCOC(=O)Nc1cccc(NC(=O)c2ccc(C)c(F)c2)c1. The largest absolute Gasteiger partial charge is 0.447 e. The van der Waals surface area contributed by atoms with Gasteiger partial charge in [-0.1, -0.05) is 12.1 Å². The number of hydrogen-bond donors (Lipinski definition) is 2. The monoisotopic (exact) mass is 346 g/mol. The van der Waals surface area contributed by atoms with Gasteiger partial charge in [0.25, 0.3) is 5.91 Å². The zero-order valence-corrected chi connectivity index (χ0v) is 14.0. The van der Waals surface area contributed by atoms with Crippen LogP contribution in [0.3, 0.4) is 0 Å². The molecular formula is C18H19FN2O4. The summed E-state index contributed by atoms with van der Waals surface area (Å²) in [6.07, 6.45) is -0.624. The molecule has 25 heavy (non-hydrogen) atoms. The molecule has 0 unspecified atom stereocenters. The summed E-state index contributed by atoms with van der Waals surface area (Å²) in [6.45, 7) is 2.06. The molecule has 0 heterocycles. The standard InChI is InChI=1S/C18H19FN2O4/c1-12-6-7-13(10-16(12)19)17(22)20-14-4-3-5-15(11-14)21-18(23)25-9-8-24-2/h3-7,10-11H,8-9H2,1-2H3,(H,20,22)(H,21,23). The van der Waals surface area contributed by atoms with E-state index in [-0.39, 0.29) is 12.2 Å². The smallest absolute Gasteiger partial charge is 0.411 e. The second-order valence-electron chi connectivity index (χ2n) is 5.25. The lowest BCUT2D eigenvalue weighted by Crippen LogP contribution is -2.17. The summed E-state index contributed by atoms with van der Waals surface area (Å²) in [7, 11) is 1.51. The summed E-state index contributed by atoms with van der Waals surface area (Å²) in [5, 5.41) is 5.20. The number of rotatable bonds is 6. The first kappa shape index (κ1) is 18.4. The fraction of sp³-hybridized carbons (Fsp3) is 0.222. The molecule has 7 heteroatoms. The van der Waals surface area contributed by atoms with Gasteiger partial charge in [-0.2, -0.15) is 0 Å². The number of aryl methyl sites for hydroxylation is 1. The molecule has 2 aromatic carbocycles. The first-order chi connectivity index (χ1) is 12.0. The van der Waals surface area contributed by atoms with Gasteiger partial charge in [0.1, 0.15) is 12.4 Å². The van der Waals surface area contributed by atoms with Gasteiger partial charge in [0.15, 0.2) is 0 Å². The van der Waals surface area contributed by atoms with Crippen LogP contribution in [0.5, 0.6) is 0 Å². The van der Waals surface area contributed by atoms with E-state index in [1.807, 2.05) is 0 Å². The van der Waals surface area contributed by atoms with Crippen molar-refractivity contribution < 1.29 is 23.5 Å². The van der Waals surface area contributed by atoms with Gasteiger partial charge in [-0.15, -0.1) is 0 Å². The maximum absolute atomic E-state index is 13.6. The van der Waals surface area contributed by atoms with E-state index < -0.39 is 17.8 Å². The van der Waals surface area contributed by atoms with Gasteiger partial charge >= 0.3 is 6.09 Å². The fourth-order valence-electron chi connectivity index (χ4n) is 1.98. The highest BCUT2D eigenvalue weighted by molar-refractivity contribution is 6.04. The van der Waals surface area contributed by atoms with Gasteiger partial charge in [0.2, 0.25) is 0 Å². The highest BCUT2D eigenvalue weighted by atomic mass is 19.1. The van der Waals surface area contributed by atoms with Crippen molar-refractivity contribution in [3.8, 4) is 0 Å². The fourth-order valence-corrected chi connectivity index (χ4v) is 1.98. The van der Waals surface area contributed by atoms with Gasteiger partial charge in [-0.25, -0.2) is 9.18 Å². The highest BCUT2D eigenvalue weighted by Gasteiger charge is 2.09. The van der Waals surface area contributed by atoms with Crippen LogP contribution in [0.1, 0.15) is 15.9 Å². The lowest BCUT2D eigenvalue weighted by Gasteiger charge is -2.10. The molecule has 0 saturated heterocycles. The molecule has 0 aliphatic carbocycles. The number of amides is 2. The van der Waals surface area contributed by atoms with Gasteiger partial charge < -0.3 is 14.8 Å². The molecule has 0 aromatic heterocycles. The molecule has 2 N–H and O–H groups in total. The van der Waals surface area contributed by atoms with Crippen LogP contribution in [-0.4, -0.2) is 32.3 Å². The van der Waals surface area contributed by atoms with E-state index in [9.17, 15) is 14.0 Å². The number of hydrogen-bond acceptors (Lipinski definition) is 4. The van der Waals surface area contributed by atoms with Crippen LogP contribution in [0.2, 0.25) is 0 Å². The highest BCUT2D eigenvalue weighted by Crippen LogP contribution is 2.17. The van der Waals surface area contributed by atoms with Crippen molar-refractivity contribution in [2.45, 2.75) is 6.92 Å². The molecule has 0 aliphatic rings. The second kappa shape index (κ2) is 8.79. The molecule has 0 bridgehead atoms. The summed E-state index contributed by atoms with van der Waals surface area (Å²) >= 11 is 0. The van der Waals surface area contributed by atoms with Gasteiger partial charge in [0, 0.05) is 24.0 Å². The first-order valence-corrected chi connectivity index (χ1v) is 7.60. The summed E-state index contributed by atoms with van der Waals surface area (Å²) in [4.78, 5) is 23.8. The Morgan fingerprint density at radius 2 is 1.76 bits per heavy atom. The third kappa shape index (κ3) is 5.58. The average molecular weight is 346 g/mol. The number of anilines is 2. The van der Waals surface area contributed by atoms with Crippen molar-refractivity contribution in [3.05, 3.63) is 59.4 Å². The third-order valence-electron chi connectivity index (χ3n) is 3.32. The summed E-state index contributed by atoms with van der Waals surface area (Å²) in [5.74, 6) is -0.888. The molecular weight excluding hydrogens is 327 g/mol. The topological polar surface area (TPSA) is 76.7 Å². The number of methoxy groups -OCH3 is 1. The van der Waals surface area contributed by atoms with Crippen LogP contribution in [0.4, 0.5) is 20.6 Å². The Hall–Kier alpha value is -2.93. The molecule has 2 amide bonds. The van der Waals surface area contributed by atoms with E-state index in [4.69, 9.17) is 9.47 Å². The Labute approximate surface area is 144 Å². The minimum Gasteiger partial charge on any atom is -0.447 e. The summed E-state index contributed by atoms with van der Waals surface area (Å²) in [5.41, 5.74) is 1.59. The molecule has 0 fully saturated rings. The Kier molecular flexibility index (Phi) is 6.47. The van der Waals surface area contributed by atoms with E-state index in [0.29, 0.717) is 23.5 Å². The van der Waals surface area contributed by atoms with E-state index >= 15 is 0 Å². The van der Waals surface area contributed by atoms with Gasteiger partial charge in [-0.3, -0.25) is 10.1 Å². The van der Waals surface area contributed by atoms with Crippen molar-refractivity contribution >= 4 is 23.4 Å². The molecule has 6 nitrogen and oxygen atoms in total.